The summed E-state index contributed by atoms with van der Waals surface area (Å²) in [5.74, 6) is -0.504. The van der Waals surface area contributed by atoms with Crippen molar-refractivity contribution in [1.29, 1.82) is 0 Å². The summed E-state index contributed by atoms with van der Waals surface area (Å²) < 4.78 is 13.9. The Hall–Kier alpha value is -1.62. The maximum atomic E-state index is 13.9. The molecular formula is C20H21Cl2FN2O. The Balaban J connectivity index is 1.57. The number of nitrogens with zero attached hydrogens (tertiary/aromatic N) is 2. The SMILES string of the molecule is O=C(Cc1c(F)cccc1Cl)N1CCCN(Cc2ccc(Cl)cc2)CC1. The lowest BCUT2D eigenvalue weighted by molar-refractivity contribution is -0.130. The standard InChI is InChI=1S/C20H21Cl2FN2O/c21-16-7-5-15(6-8-16)14-24-9-2-10-25(12-11-24)20(26)13-17-18(22)3-1-4-19(17)23/h1,3-8H,2,9-14H2. The Labute approximate surface area is 163 Å². The van der Waals surface area contributed by atoms with Gasteiger partial charge in [-0.3, -0.25) is 9.69 Å². The van der Waals surface area contributed by atoms with Crippen molar-refractivity contribution >= 4 is 29.1 Å². The number of hydrogen-bond acceptors (Lipinski definition) is 2. The molecule has 0 aliphatic carbocycles. The van der Waals surface area contributed by atoms with E-state index in [1.807, 2.05) is 29.2 Å². The minimum Gasteiger partial charge on any atom is -0.341 e. The molecule has 1 fully saturated rings. The summed E-state index contributed by atoms with van der Waals surface area (Å²) in [6.07, 6.45) is 0.896. The highest BCUT2D eigenvalue weighted by atomic mass is 35.5. The van der Waals surface area contributed by atoms with Gasteiger partial charge in [0.15, 0.2) is 0 Å². The summed E-state index contributed by atoms with van der Waals surface area (Å²) in [6.45, 7) is 3.87. The van der Waals surface area contributed by atoms with Crippen molar-refractivity contribution in [2.75, 3.05) is 26.2 Å². The van der Waals surface area contributed by atoms with Crippen LogP contribution in [-0.2, 0) is 17.8 Å². The zero-order chi connectivity index (χ0) is 18.5. The van der Waals surface area contributed by atoms with Crippen molar-refractivity contribution < 1.29 is 9.18 Å². The molecule has 0 N–H and O–H groups in total. The fourth-order valence-corrected chi connectivity index (χ4v) is 3.55. The first-order valence-electron chi connectivity index (χ1n) is 8.70. The van der Waals surface area contributed by atoms with Gasteiger partial charge in [-0.2, -0.15) is 0 Å². The molecule has 3 rings (SSSR count). The molecule has 1 aliphatic heterocycles. The largest absolute Gasteiger partial charge is 0.341 e. The van der Waals surface area contributed by atoms with E-state index in [0.29, 0.717) is 18.1 Å². The van der Waals surface area contributed by atoms with Gasteiger partial charge in [0.1, 0.15) is 5.82 Å². The summed E-state index contributed by atoms with van der Waals surface area (Å²) in [4.78, 5) is 16.7. The molecule has 3 nitrogen and oxygen atoms in total. The average Bonchev–Trinajstić information content (AvgIpc) is 2.86. The second-order valence-corrected chi connectivity index (χ2v) is 7.36. The molecule has 6 heteroatoms. The summed E-state index contributed by atoms with van der Waals surface area (Å²) in [5.41, 5.74) is 1.48. The Bertz CT molecular complexity index is 747. The van der Waals surface area contributed by atoms with Crippen molar-refractivity contribution in [2.24, 2.45) is 0 Å². The van der Waals surface area contributed by atoms with Gasteiger partial charge in [0.05, 0.1) is 6.42 Å². The van der Waals surface area contributed by atoms with Gasteiger partial charge in [-0.1, -0.05) is 41.4 Å². The van der Waals surface area contributed by atoms with Crippen LogP contribution in [0.25, 0.3) is 0 Å². The summed E-state index contributed by atoms with van der Waals surface area (Å²) in [6, 6.07) is 12.3. The molecule has 138 valence electrons. The van der Waals surface area contributed by atoms with Crippen LogP contribution in [0, 0.1) is 5.82 Å². The summed E-state index contributed by atoms with van der Waals surface area (Å²) in [5, 5.41) is 1.03. The van der Waals surface area contributed by atoms with E-state index in [2.05, 4.69) is 4.90 Å². The Morgan fingerprint density at radius 2 is 1.77 bits per heavy atom. The number of carbonyl (C=O) groups excluding carboxylic acids is 1. The third-order valence-corrected chi connectivity index (χ3v) is 5.26. The highest BCUT2D eigenvalue weighted by Crippen LogP contribution is 2.20. The predicted molar refractivity (Wildman–Crippen MR) is 103 cm³/mol. The van der Waals surface area contributed by atoms with Gasteiger partial charge in [0, 0.05) is 48.3 Å². The summed E-state index contributed by atoms with van der Waals surface area (Å²) in [7, 11) is 0. The molecule has 1 saturated heterocycles. The number of halogens is 3. The van der Waals surface area contributed by atoms with Gasteiger partial charge in [0.2, 0.25) is 5.91 Å². The van der Waals surface area contributed by atoms with Crippen LogP contribution in [-0.4, -0.2) is 41.9 Å². The molecule has 0 spiro atoms. The normalized spacial score (nSPS) is 15.7. The molecule has 1 aliphatic rings. The lowest BCUT2D eigenvalue weighted by Crippen LogP contribution is -2.36. The van der Waals surface area contributed by atoms with E-state index in [1.54, 1.807) is 12.1 Å². The van der Waals surface area contributed by atoms with Crippen LogP contribution < -0.4 is 0 Å². The van der Waals surface area contributed by atoms with Crippen LogP contribution in [0.1, 0.15) is 17.5 Å². The number of benzene rings is 2. The smallest absolute Gasteiger partial charge is 0.227 e. The molecule has 0 atom stereocenters. The maximum Gasteiger partial charge on any atom is 0.227 e. The number of rotatable bonds is 4. The van der Waals surface area contributed by atoms with Crippen molar-refractivity contribution in [3.63, 3.8) is 0 Å². The number of hydrogen-bond donors (Lipinski definition) is 0. The Morgan fingerprint density at radius 1 is 1.00 bits per heavy atom. The van der Waals surface area contributed by atoms with Gasteiger partial charge < -0.3 is 4.90 Å². The zero-order valence-corrected chi connectivity index (χ0v) is 15.9. The van der Waals surface area contributed by atoms with Gasteiger partial charge in [-0.05, 0) is 36.2 Å². The van der Waals surface area contributed by atoms with Crippen LogP contribution in [0.5, 0.6) is 0 Å². The predicted octanol–water partition coefficient (Wildman–Crippen LogP) is 4.41. The lowest BCUT2D eigenvalue weighted by atomic mass is 10.1. The highest BCUT2D eigenvalue weighted by molar-refractivity contribution is 6.31. The molecule has 2 aromatic rings. The van der Waals surface area contributed by atoms with E-state index in [4.69, 9.17) is 23.2 Å². The van der Waals surface area contributed by atoms with Crippen LogP contribution in [0.3, 0.4) is 0 Å². The van der Waals surface area contributed by atoms with Gasteiger partial charge in [0.25, 0.3) is 0 Å². The van der Waals surface area contributed by atoms with E-state index in [-0.39, 0.29) is 17.9 Å². The third-order valence-electron chi connectivity index (χ3n) is 4.65. The fraction of sp³-hybridized carbons (Fsp3) is 0.350. The minimum atomic E-state index is -0.426. The second-order valence-electron chi connectivity index (χ2n) is 6.51. The molecule has 0 aromatic heterocycles. The van der Waals surface area contributed by atoms with Crippen molar-refractivity contribution in [3.05, 3.63) is 69.5 Å². The molecule has 26 heavy (non-hydrogen) atoms. The van der Waals surface area contributed by atoms with Crippen molar-refractivity contribution in [1.82, 2.24) is 9.80 Å². The molecule has 1 heterocycles. The van der Waals surface area contributed by atoms with Gasteiger partial charge in [-0.25, -0.2) is 4.39 Å². The van der Waals surface area contributed by atoms with Crippen LogP contribution in [0.4, 0.5) is 4.39 Å². The van der Waals surface area contributed by atoms with Crippen molar-refractivity contribution in [2.45, 2.75) is 19.4 Å². The van der Waals surface area contributed by atoms with Crippen molar-refractivity contribution in [3.8, 4) is 0 Å². The summed E-state index contributed by atoms with van der Waals surface area (Å²) >= 11 is 12.0. The topological polar surface area (TPSA) is 23.6 Å². The Morgan fingerprint density at radius 3 is 2.50 bits per heavy atom. The quantitative estimate of drug-likeness (QED) is 0.766. The van der Waals surface area contributed by atoms with E-state index >= 15 is 0 Å². The Kier molecular flexibility index (Phi) is 6.52. The lowest BCUT2D eigenvalue weighted by Gasteiger charge is -2.22. The third kappa shape index (κ3) is 4.97. The first kappa shape index (κ1) is 19.2. The second kappa shape index (κ2) is 8.85. The van der Waals surface area contributed by atoms with E-state index < -0.39 is 5.82 Å². The minimum absolute atomic E-state index is 0.00267. The maximum absolute atomic E-state index is 13.9. The number of carbonyl (C=O) groups is 1. The molecule has 2 aromatic carbocycles. The molecule has 0 saturated carbocycles. The fourth-order valence-electron chi connectivity index (χ4n) is 3.19. The highest BCUT2D eigenvalue weighted by Gasteiger charge is 2.21. The monoisotopic (exact) mass is 394 g/mol. The van der Waals surface area contributed by atoms with Crippen LogP contribution >= 0.6 is 23.2 Å². The molecule has 1 amide bonds. The van der Waals surface area contributed by atoms with Crippen LogP contribution in [0.15, 0.2) is 42.5 Å². The first-order valence-corrected chi connectivity index (χ1v) is 9.46. The van der Waals surface area contributed by atoms with E-state index in [9.17, 15) is 9.18 Å². The average molecular weight is 395 g/mol. The van der Waals surface area contributed by atoms with Gasteiger partial charge in [-0.15, -0.1) is 0 Å². The van der Waals surface area contributed by atoms with Crippen LogP contribution in [0.2, 0.25) is 10.0 Å². The molecular weight excluding hydrogens is 374 g/mol. The number of amides is 1. The molecule has 0 bridgehead atoms. The molecule has 0 radical (unpaired) electrons. The van der Waals surface area contributed by atoms with E-state index in [0.717, 1.165) is 31.1 Å². The molecule has 0 unspecified atom stereocenters. The van der Waals surface area contributed by atoms with E-state index in [1.165, 1.54) is 11.6 Å². The van der Waals surface area contributed by atoms with Gasteiger partial charge >= 0.3 is 0 Å². The zero-order valence-electron chi connectivity index (χ0n) is 14.4. The first-order chi connectivity index (χ1) is 12.5.